The lowest BCUT2D eigenvalue weighted by atomic mass is 10.2. The Morgan fingerprint density at radius 1 is 1.53 bits per heavy atom. The van der Waals surface area contributed by atoms with E-state index < -0.39 is 11.7 Å². The lowest BCUT2D eigenvalue weighted by molar-refractivity contribution is 0.102. The Morgan fingerprint density at radius 2 is 2.26 bits per heavy atom. The van der Waals surface area contributed by atoms with Crippen molar-refractivity contribution in [3.63, 3.8) is 0 Å². The van der Waals surface area contributed by atoms with E-state index in [0.29, 0.717) is 4.47 Å². The highest BCUT2D eigenvalue weighted by atomic mass is 79.9. The normalized spacial score (nSPS) is 10.3. The molecule has 1 N–H and O–H groups in total. The van der Waals surface area contributed by atoms with Crippen LogP contribution in [-0.4, -0.2) is 22.8 Å². The Kier molecular flexibility index (Phi) is 3.84. The average Bonchev–Trinajstić information content (AvgIpc) is 2.74. The molecular formula is C12H11BrFN3O2. The molecule has 0 aliphatic heterocycles. The number of carbonyl (C=O) groups excluding carboxylic acids is 1. The zero-order valence-corrected chi connectivity index (χ0v) is 11.9. The Morgan fingerprint density at radius 3 is 2.89 bits per heavy atom. The van der Waals surface area contributed by atoms with Gasteiger partial charge in [-0.25, -0.2) is 4.39 Å². The third-order valence-electron chi connectivity index (χ3n) is 2.41. The SMILES string of the molecule is COc1nn(C)cc1C(=O)Nc1ccc(Br)cc1F. The highest BCUT2D eigenvalue weighted by Crippen LogP contribution is 2.21. The van der Waals surface area contributed by atoms with E-state index in [1.54, 1.807) is 13.1 Å². The zero-order valence-electron chi connectivity index (χ0n) is 10.3. The topological polar surface area (TPSA) is 56.2 Å². The van der Waals surface area contributed by atoms with Crippen molar-refractivity contribution in [1.29, 1.82) is 0 Å². The van der Waals surface area contributed by atoms with Crippen molar-refractivity contribution in [1.82, 2.24) is 9.78 Å². The summed E-state index contributed by atoms with van der Waals surface area (Å²) < 4.78 is 20.6. The lowest BCUT2D eigenvalue weighted by Gasteiger charge is -2.06. The number of methoxy groups -OCH3 is 1. The fourth-order valence-electron chi connectivity index (χ4n) is 1.56. The third kappa shape index (κ3) is 2.93. The van der Waals surface area contributed by atoms with Gasteiger partial charge in [-0.2, -0.15) is 0 Å². The third-order valence-corrected chi connectivity index (χ3v) is 2.91. The van der Waals surface area contributed by atoms with E-state index in [1.165, 1.54) is 30.1 Å². The van der Waals surface area contributed by atoms with Crippen molar-refractivity contribution < 1.29 is 13.9 Å². The highest BCUT2D eigenvalue weighted by Gasteiger charge is 2.17. The molecule has 0 atom stereocenters. The lowest BCUT2D eigenvalue weighted by Crippen LogP contribution is -2.13. The Hall–Kier alpha value is -1.89. The van der Waals surface area contributed by atoms with E-state index in [-0.39, 0.29) is 17.1 Å². The van der Waals surface area contributed by atoms with Crippen LogP contribution < -0.4 is 10.1 Å². The molecule has 1 amide bonds. The first-order chi connectivity index (χ1) is 9.01. The molecule has 0 unspecified atom stereocenters. The summed E-state index contributed by atoms with van der Waals surface area (Å²) in [4.78, 5) is 12.0. The summed E-state index contributed by atoms with van der Waals surface area (Å²) in [6.45, 7) is 0. The van der Waals surface area contributed by atoms with Gasteiger partial charge in [0.1, 0.15) is 11.4 Å². The molecule has 0 aliphatic rings. The minimum absolute atomic E-state index is 0.0964. The molecule has 0 fully saturated rings. The summed E-state index contributed by atoms with van der Waals surface area (Å²) in [5, 5.41) is 6.43. The summed E-state index contributed by atoms with van der Waals surface area (Å²) in [5.41, 5.74) is 0.339. The van der Waals surface area contributed by atoms with Gasteiger partial charge in [0.2, 0.25) is 5.88 Å². The van der Waals surface area contributed by atoms with Gasteiger partial charge in [-0.3, -0.25) is 9.48 Å². The van der Waals surface area contributed by atoms with Crippen LogP contribution in [0.15, 0.2) is 28.9 Å². The number of benzene rings is 1. The molecule has 0 aliphatic carbocycles. The molecule has 0 bridgehead atoms. The van der Waals surface area contributed by atoms with Crippen molar-refractivity contribution in [2.45, 2.75) is 0 Å². The Balaban J connectivity index is 2.25. The van der Waals surface area contributed by atoms with Crippen molar-refractivity contribution in [3.05, 3.63) is 40.2 Å². The molecule has 0 saturated heterocycles. The van der Waals surface area contributed by atoms with Gasteiger partial charge in [0.25, 0.3) is 5.91 Å². The van der Waals surface area contributed by atoms with Crippen LogP contribution in [0.4, 0.5) is 10.1 Å². The fraction of sp³-hybridized carbons (Fsp3) is 0.167. The second kappa shape index (κ2) is 5.40. The van der Waals surface area contributed by atoms with E-state index in [1.807, 2.05) is 0 Å². The van der Waals surface area contributed by atoms with Crippen LogP contribution in [0.3, 0.4) is 0 Å². The van der Waals surface area contributed by atoms with Crippen LogP contribution in [0.2, 0.25) is 0 Å². The smallest absolute Gasteiger partial charge is 0.262 e. The Bertz CT molecular complexity index is 627. The van der Waals surface area contributed by atoms with Gasteiger partial charge >= 0.3 is 0 Å². The molecule has 2 rings (SSSR count). The molecule has 2 aromatic rings. The van der Waals surface area contributed by atoms with Crippen molar-refractivity contribution >= 4 is 27.5 Å². The van der Waals surface area contributed by atoms with Crippen LogP contribution in [-0.2, 0) is 7.05 Å². The maximum Gasteiger partial charge on any atom is 0.262 e. The molecule has 0 spiro atoms. The van der Waals surface area contributed by atoms with Gasteiger partial charge in [-0.1, -0.05) is 15.9 Å². The van der Waals surface area contributed by atoms with Crippen LogP contribution in [0.25, 0.3) is 0 Å². The number of aryl methyl sites for hydroxylation is 1. The second-order valence-corrected chi connectivity index (χ2v) is 4.72. The van der Waals surface area contributed by atoms with Crippen LogP contribution in [0.1, 0.15) is 10.4 Å². The summed E-state index contributed by atoms with van der Waals surface area (Å²) in [6, 6.07) is 4.38. The van der Waals surface area contributed by atoms with Gasteiger partial charge < -0.3 is 10.1 Å². The maximum absolute atomic E-state index is 13.6. The minimum atomic E-state index is -0.523. The van der Waals surface area contributed by atoms with Gasteiger partial charge in [0, 0.05) is 17.7 Å². The quantitative estimate of drug-likeness (QED) is 0.942. The molecule has 1 aromatic carbocycles. The number of nitrogens with one attached hydrogen (secondary N) is 1. The van der Waals surface area contributed by atoms with Gasteiger partial charge in [0.15, 0.2) is 0 Å². The molecule has 1 heterocycles. The predicted octanol–water partition coefficient (Wildman–Crippen LogP) is 2.58. The number of amides is 1. The molecule has 5 nitrogen and oxygen atoms in total. The molecule has 1 aromatic heterocycles. The standard InChI is InChI=1S/C12H11BrFN3O2/c1-17-6-8(12(16-17)19-2)11(18)15-10-4-3-7(13)5-9(10)14/h3-6H,1-2H3,(H,15,18). The van der Waals surface area contributed by atoms with Gasteiger partial charge in [-0.05, 0) is 18.2 Å². The number of anilines is 1. The molecule has 19 heavy (non-hydrogen) atoms. The van der Waals surface area contributed by atoms with Crippen LogP contribution in [0.5, 0.6) is 5.88 Å². The summed E-state index contributed by atoms with van der Waals surface area (Å²) >= 11 is 3.15. The number of carbonyl (C=O) groups is 1. The summed E-state index contributed by atoms with van der Waals surface area (Å²) in [5.74, 6) is -0.811. The number of aromatic nitrogens is 2. The first kappa shape index (κ1) is 13.5. The van der Waals surface area contributed by atoms with E-state index in [4.69, 9.17) is 4.74 Å². The van der Waals surface area contributed by atoms with Crippen molar-refractivity contribution in [2.75, 3.05) is 12.4 Å². The van der Waals surface area contributed by atoms with Crippen molar-refractivity contribution in [2.24, 2.45) is 7.05 Å². The van der Waals surface area contributed by atoms with E-state index in [2.05, 4.69) is 26.3 Å². The van der Waals surface area contributed by atoms with E-state index >= 15 is 0 Å². The number of ether oxygens (including phenoxy) is 1. The molecule has 100 valence electrons. The monoisotopic (exact) mass is 327 g/mol. The molecule has 0 radical (unpaired) electrons. The molecule has 0 saturated carbocycles. The fourth-order valence-corrected chi connectivity index (χ4v) is 1.89. The van der Waals surface area contributed by atoms with Crippen LogP contribution in [0, 0.1) is 5.82 Å². The summed E-state index contributed by atoms with van der Waals surface area (Å²) in [7, 11) is 3.08. The van der Waals surface area contributed by atoms with Crippen molar-refractivity contribution in [3.8, 4) is 5.88 Å². The molecular weight excluding hydrogens is 317 g/mol. The number of halogens is 2. The summed E-state index contributed by atoms with van der Waals surface area (Å²) in [6.07, 6.45) is 1.50. The second-order valence-electron chi connectivity index (χ2n) is 3.80. The number of nitrogens with zero attached hydrogens (tertiary/aromatic N) is 2. The van der Waals surface area contributed by atoms with Gasteiger partial charge in [-0.15, -0.1) is 5.10 Å². The average molecular weight is 328 g/mol. The number of rotatable bonds is 3. The largest absolute Gasteiger partial charge is 0.479 e. The molecule has 7 heteroatoms. The van der Waals surface area contributed by atoms with Crippen LogP contribution >= 0.6 is 15.9 Å². The predicted molar refractivity (Wildman–Crippen MR) is 71.8 cm³/mol. The van der Waals surface area contributed by atoms with Gasteiger partial charge in [0.05, 0.1) is 12.8 Å². The first-order valence-corrected chi connectivity index (χ1v) is 6.14. The maximum atomic E-state index is 13.6. The van der Waals surface area contributed by atoms with E-state index in [9.17, 15) is 9.18 Å². The zero-order chi connectivity index (χ0) is 14.0. The number of hydrogen-bond donors (Lipinski definition) is 1. The Labute approximate surface area is 117 Å². The minimum Gasteiger partial charge on any atom is -0.479 e. The number of hydrogen-bond acceptors (Lipinski definition) is 3. The first-order valence-electron chi connectivity index (χ1n) is 5.35. The van der Waals surface area contributed by atoms with E-state index in [0.717, 1.165) is 0 Å². The highest BCUT2D eigenvalue weighted by molar-refractivity contribution is 9.10.